The van der Waals surface area contributed by atoms with E-state index in [1.807, 2.05) is 13.1 Å². The Morgan fingerprint density at radius 2 is 2.18 bits per heavy atom. The summed E-state index contributed by atoms with van der Waals surface area (Å²) >= 11 is 0. The molecular weight excluding hydrogens is 284 g/mol. The lowest BCUT2D eigenvalue weighted by atomic mass is 9.98. The third-order valence-corrected chi connectivity index (χ3v) is 4.20. The molecule has 1 saturated heterocycles. The van der Waals surface area contributed by atoms with Gasteiger partial charge in [0.05, 0.1) is 11.8 Å². The van der Waals surface area contributed by atoms with E-state index >= 15 is 0 Å². The number of carboxylic acid groups (broad SMARTS) is 1. The fraction of sp³-hybridized carbons (Fsp3) is 0.533. The van der Waals surface area contributed by atoms with Crippen molar-refractivity contribution >= 4 is 11.6 Å². The van der Waals surface area contributed by atoms with Crippen molar-refractivity contribution < 1.29 is 15.0 Å². The summed E-state index contributed by atoms with van der Waals surface area (Å²) in [6.07, 6.45) is 7.38. The first-order valence-corrected chi connectivity index (χ1v) is 7.45. The summed E-state index contributed by atoms with van der Waals surface area (Å²) in [5, 5.41) is 23.2. The van der Waals surface area contributed by atoms with Gasteiger partial charge in [-0.1, -0.05) is 0 Å². The number of aliphatic hydroxyl groups is 1. The smallest absolute Gasteiger partial charge is 0.341 e. The van der Waals surface area contributed by atoms with Crippen LogP contribution >= 0.6 is 0 Å². The van der Waals surface area contributed by atoms with Crippen molar-refractivity contribution in [2.24, 2.45) is 0 Å². The molecule has 2 aromatic heterocycles. The topological polar surface area (TPSA) is 91.0 Å². The number of fused-ring (bicyclic) bond motifs is 1. The van der Waals surface area contributed by atoms with Gasteiger partial charge in [0.1, 0.15) is 5.56 Å². The van der Waals surface area contributed by atoms with Gasteiger partial charge >= 0.3 is 5.97 Å². The Balaban J connectivity index is 1.75. The largest absolute Gasteiger partial charge is 0.477 e. The molecular formula is C15H20N4O3. The van der Waals surface area contributed by atoms with Gasteiger partial charge in [-0.25, -0.2) is 14.3 Å². The first-order chi connectivity index (χ1) is 10.4. The van der Waals surface area contributed by atoms with Crippen LogP contribution in [0.25, 0.3) is 5.65 Å². The summed E-state index contributed by atoms with van der Waals surface area (Å²) in [6.45, 7) is 4.39. The van der Waals surface area contributed by atoms with E-state index in [0.29, 0.717) is 5.65 Å². The molecule has 0 bridgehead atoms. The molecule has 1 aliphatic heterocycles. The van der Waals surface area contributed by atoms with Crippen LogP contribution in [0.5, 0.6) is 0 Å². The van der Waals surface area contributed by atoms with E-state index in [-0.39, 0.29) is 5.56 Å². The predicted octanol–water partition coefficient (Wildman–Crippen LogP) is 1.16. The van der Waals surface area contributed by atoms with Crippen LogP contribution in [0.2, 0.25) is 0 Å². The number of hydrogen-bond donors (Lipinski definition) is 2. The van der Waals surface area contributed by atoms with Crippen LogP contribution in [0.1, 0.15) is 42.1 Å². The highest BCUT2D eigenvalue weighted by atomic mass is 16.4. The van der Waals surface area contributed by atoms with E-state index in [0.717, 1.165) is 44.5 Å². The van der Waals surface area contributed by atoms with Crippen molar-refractivity contribution in [2.75, 3.05) is 13.1 Å². The Kier molecular flexibility index (Phi) is 3.84. The molecule has 2 aromatic rings. The summed E-state index contributed by atoms with van der Waals surface area (Å²) in [4.78, 5) is 17.6. The van der Waals surface area contributed by atoms with Gasteiger partial charge in [0.15, 0.2) is 5.65 Å². The minimum absolute atomic E-state index is 0.109. The number of carbonyl (C=O) groups is 1. The quantitative estimate of drug-likeness (QED) is 0.884. The molecule has 7 heteroatoms. The minimum Gasteiger partial charge on any atom is -0.477 e. The highest BCUT2D eigenvalue weighted by Crippen LogP contribution is 2.22. The SMILES string of the molecule is CC1(O)CCCN(Cc2cnc3c(C(=O)O)cnn3c2)CC1. The highest BCUT2D eigenvalue weighted by molar-refractivity contribution is 5.93. The monoisotopic (exact) mass is 304 g/mol. The molecule has 0 amide bonds. The maximum atomic E-state index is 11.1. The van der Waals surface area contributed by atoms with E-state index in [1.165, 1.54) is 10.7 Å². The van der Waals surface area contributed by atoms with Crippen LogP contribution in [0.3, 0.4) is 0 Å². The zero-order chi connectivity index (χ0) is 15.7. The predicted molar refractivity (Wildman–Crippen MR) is 79.7 cm³/mol. The van der Waals surface area contributed by atoms with Gasteiger partial charge in [-0.3, -0.25) is 4.90 Å². The number of likely N-dealkylation sites (tertiary alicyclic amines) is 1. The Hall–Kier alpha value is -1.99. The van der Waals surface area contributed by atoms with E-state index in [4.69, 9.17) is 5.11 Å². The Morgan fingerprint density at radius 3 is 2.95 bits per heavy atom. The van der Waals surface area contributed by atoms with Crippen molar-refractivity contribution in [1.82, 2.24) is 19.5 Å². The first kappa shape index (κ1) is 14.9. The average Bonchev–Trinajstić information content (AvgIpc) is 2.80. The molecule has 0 radical (unpaired) electrons. The van der Waals surface area contributed by atoms with Crippen molar-refractivity contribution in [3.05, 3.63) is 29.7 Å². The first-order valence-electron chi connectivity index (χ1n) is 7.45. The molecule has 0 aliphatic carbocycles. The van der Waals surface area contributed by atoms with Gasteiger partial charge < -0.3 is 10.2 Å². The molecule has 3 rings (SSSR count). The molecule has 1 aliphatic rings. The van der Waals surface area contributed by atoms with Crippen LogP contribution in [0.4, 0.5) is 0 Å². The van der Waals surface area contributed by atoms with Crippen LogP contribution in [-0.4, -0.2) is 54.4 Å². The molecule has 3 heterocycles. The molecule has 0 aromatic carbocycles. The second kappa shape index (κ2) is 5.66. The molecule has 1 atom stereocenters. The third kappa shape index (κ3) is 3.10. The van der Waals surface area contributed by atoms with Crippen LogP contribution < -0.4 is 0 Å². The lowest BCUT2D eigenvalue weighted by molar-refractivity contribution is 0.0444. The maximum Gasteiger partial charge on any atom is 0.341 e. The summed E-state index contributed by atoms with van der Waals surface area (Å²) in [5.74, 6) is -1.02. The molecule has 0 saturated carbocycles. The second-order valence-corrected chi connectivity index (χ2v) is 6.22. The molecule has 118 valence electrons. The number of hydrogen-bond acceptors (Lipinski definition) is 5. The normalized spacial score (nSPS) is 23.5. The van der Waals surface area contributed by atoms with E-state index in [9.17, 15) is 9.90 Å². The van der Waals surface area contributed by atoms with Crippen molar-refractivity contribution in [2.45, 2.75) is 38.3 Å². The number of rotatable bonds is 3. The van der Waals surface area contributed by atoms with Crippen LogP contribution in [-0.2, 0) is 6.54 Å². The van der Waals surface area contributed by atoms with Gasteiger partial charge in [-0.05, 0) is 32.7 Å². The summed E-state index contributed by atoms with van der Waals surface area (Å²) in [5.41, 5.74) is 0.872. The van der Waals surface area contributed by atoms with Crippen molar-refractivity contribution in [3.8, 4) is 0 Å². The number of aromatic carboxylic acids is 1. The van der Waals surface area contributed by atoms with Gasteiger partial charge in [-0.2, -0.15) is 5.10 Å². The fourth-order valence-electron chi connectivity index (χ4n) is 2.88. The summed E-state index contributed by atoms with van der Waals surface area (Å²) in [7, 11) is 0. The Morgan fingerprint density at radius 1 is 1.36 bits per heavy atom. The highest BCUT2D eigenvalue weighted by Gasteiger charge is 2.25. The van der Waals surface area contributed by atoms with Gasteiger partial charge in [0.25, 0.3) is 0 Å². The second-order valence-electron chi connectivity index (χ2n) is 6.22. The third-order valence-electron chi connectivity index (χ3n) is 4.20. The summed E-state index contributed by atoms with van der Waals surface area (Å²) in [6, 6.07) is 0. The Bertz CT molecular complexity index is 695. The molecule has 1 unspecified atom stereocenters. The maximum absolute atomic E-state index is 11.1. The zero-order valence-corrected chi connectivity index (χ0v) is 12.6. The molecule has 2 N–H and O–H groups in total. The molecule has 1 fully saturated rings. The number of nitrogens with zero attached hydrogens (tertiary/aromatic N) is 4. The molecule has 7 nitrogen and oxygen atoms in total. The lowest BCUT2D eigenvalue weighted by Crippen LogP contribution is -2.28. The van der Waals surface area contributed by atoms with Crippen molar-refractivity contribution in [1.29, 1.82) is 0 Å². The summed E-state index contributed by atoms with van der Waals surface area (Å²) < 4.78 is 1.51. The zero-order valence-electron chi connectivity index (χ0n) is 12.6. The van der Waals surface area contributed by atoms with E-state index < -0.39 is 11.6 Å². The van der Waals surface area contributed by atoms with Crippen LogP contribution in [0, 0.1) is 0 Å². The minimum atomic E-state index is -1.02. The Labute approximate surface area is 128 Å². The van der Waals surface area contributed by atoms with Crippen LogP contribution in [0.15, 0.2) is 18.6 Å². The fourth-order valence-corrected chi connectivity index (χ4v) is 2.88. The standard InChI is InChI=1S/C15H20N4O3/c1-15(22)3-2-5-18(6-4-15)9-11-7-16-13-12(14(20)21)8-17-19(13)10-11/h7-8,10,22H,2-6,9H2,1H3,(H,20,21). The van der Waals surface area contributed by atoms with E-state index in [1.54, 1.807) is 6.20 Å². The van der Waals surface area contributed by atoms with Gasteiger partial charge in [0.2, 0.25) is 0 Å². The molecule has 22 heavy (non-hydrogen) atoms. The van der Waals surface area contributed by atoms with Gasteiger partial charge in [-0.15, -0.1) is 0 Å². The number of aromatic nitrogens is 3. The average molecular weight is 304 g/mol. The lowest BCUT2D eigenvalue weighted by Gasteiger charge is -2.22. The van der Waals surface area contributed by atoms with E-state index in [2.05, 4.69) is 15.0 Å². The molecule has 0 spiro atoms. The number of carboxylic acids is 1. The van der Waals surface area contributed by atoms with Gasteiger partial charge in [0, 0.05) is 31.0 Å². The van der Waals surface area contributed by atoms with Crippen molar-refractivity contribution in [3.63, 3.8) is 0 Å².